The fourth-order valence-electron chi connectivity index (χ4n) is 2.23. The molecule has 0 saturated carbocycles. The van der Waals surface area contributed by atoms with E-state index in [1.165, 1.54) is 0 Å². The Kier molecular flexibility index (Phi) is 5.86. The average molecular weight is 248 g/mol. The molecule has 0 aromatic heterocycles. The first-order valence-electron chi connectivity index (χ1n) is 6.68. The van der Waals surface area contributed by atoms with Crippen LogP contribution in [-0.2, 0) is 6.42 Å². The number of hydrogen-bond donors (Lipinski definition) is 1. The normalized spacial score (nSPS) is 11.2. The highest BCUT2D eigenvalue weighted by atomic mass is 16.1. The first kappa shape index (κ1) is 14.7. The Bertz CT molecular complexity index is 388. The highest BCUT2D eigenvalue weighted by Gasteiger charge is 2.09. The maximum Gasteiger partial charge on any atom is 0.248 e. The van der Waals surface area contributed by atoms with Crippen molar-refractivity contribution in [2.45, 2.75) is 39.7 Å². The lowest BCUT2D eigenvalue weighted by atomic mass is 10.0. The lowest BCUT2D eigenvalue weighted by molar-refractivity contribution is 0.0999. The zero-order valence-electron chi connectivity index (χ0n) is 11.6. The van der Waals surface area contributed by atoms with Crippen LogP contribution in [-0.4, -0.2) is 29.9 Å². The fourth-order valence-corrected chi connectivity index (χ4v) is 2.23. The van der Waals surface area contributed by atoms with E-state index in [1.807, 2.05) is 18.2 Å². The van der Waals surface area contributed by atoms with Gasteiger partial charge in [-0.15, -0.1) is 0 Å². The van der Waals surface area contributed by atoms with Crippen molar-refractivity contribution in [2.24, 2.45) is 5.73 Å². The van der Waals surface area contributed by atoms with Gasteiger partial charge in [0.1, 0.15) is 0 Å². The lowest BCUT2D eigenvalue weighted by Crippen LogP contribution is -2.31. The molecule has 2 N–H and O–H groups in total. The molecule has 1 aromatic carbocycles. The van der Waals surface area contributed by atoms with Gasteiger partial charge in [0.2, 0.25) is 5.91 Å². The molecule has 1 rings (SSSR count). The van der Waals surface area contributed by atoms with Crippen LogP contribution in [0, 0.1) is 0 Å². The number of aryl methyl sites for hydroxylation is 1. The van der Waals surface area contributed by atoms with E-state index in [0.717, 1.165) is 31.5 Å². The third-order valence-electron chi connectivity index (χ3n) is 3.31. The number of carbonyl (C=O) groups is 1. The molecule has 0 aliphatic carbocycles. The summed E-state index contributed by atoms with van der Waals surface area (Å²) in [7, 11) is 0. The Hall–Kier alpha value is -1.35. The molecule has 0 aliphatic heterocycles. The summed E-state index contributed by atoms with van der Waals surface area (Å²) in [4.78, 5) is 13.7. The van der Waals surface area contributed by atoms with Crippen LogP contribution >= 0.6 is 0 Å². The second-order valence-corrected chi connectivity index (χ2v) is 4.85. The Morgan fingerprint density at radius 1 is 1.33 bits per heavy atom. The van der Waals surface area contributed by atoms with Crippen molar-refractivity contribution in [3.05, 3.63) is 35.4 Å². The third-order valence-corrected chi connectivity index (χ3v) is 3.31. The third kappa shape index (κ3) is 4.15. The standard InChI is InChI=1S/C15H24N2O/c1-4-17(12(2)3)11-7-9-13-8-5-6-10-14(13)15(16)18/h5-6,8,10,12H,4,7,9,11H2,1-3H3,(H2,16,18). The van der Waals surface area contributed by atoms with Crippen molar-refractivity contribution in [3.63, 3.8) is 0 Å². The number of nitrogens with two attached hydrogens (primary N) is 1. The molecule has 3 nitrogen and oxygen atoms in total. The lowest BCUT2D eigenvalue weighted by Gasteiger charge is -2.24. The monoisotopic (exact) mass is 248 g/mol. The van der Waals surface area contributed by atoms with Crippen molar-refractivity contribution in [2.75, 3.05) is 13.1 Å². The van der Waals surface area contributed by atoms with Gasteiger partial charge in [0.05, 0.1) is 0 Å². The van der Waals surface area contributed by atoms with Gasteiger partial charge in [-0.25, -0.2) is 0 Å². The fraction of sp³-hybridized carbons (Fsp3) is 0.533. The molecule has 0 saturated heterocycles. The minimum Gasteiger partial charge on any atom is -0.366 e. The van der Waals surface area contributed by atoms with Crippen LogP contribution in [0.3, 0.4) is 0 Å². The highest BCUT2D eigenvalue weighted by Crippen LogP contribution is 2.11. The number of carbonyl (C=O) groups excluding carboxylic acids is 1. The van der Waals surface area contributed by atoms with Gasteiger partial charge in [0.25, 0.3) is 0 Å². The van der Waals surface area contributed by atoms with E-state index < -0.39 is 0 Å². The Morgan fingerprint density at radius 3 is 2.56 bits per heavy atom. The molecular weight excluding hydrogens is 224 g/mol. The molecule has 3 heteroatoms. The largest absolute Gasteiger partial charge is 0.366 e. The van der Waals surface area contributed by atoms with Crippen LogP contribution in [0.25, 0.3) is 0 Å². The summed E-state index contributed by atoms with van der Waals surface area (Å²) in [5.74, 6) is -0.332. The minimum atomic E-state index is -0.332. The molecule has 0 aliphatic rings. The molecule has 0 unspecified atom stereocenters. The molecular formula is C15H24N2O. The summed E-state index contributed by atoms with van der Waals surface area (Å²) in [6, 6.07) is 8.18. The van der Waals surface area contributed by atoms with Crippen LogP contribution < -0.4 is 5.73 Å². The van der Waals surface area contributed by atoms with Crippen LogP contribution in [0.4, 0.5) is 0 Å². The van der Waals surface area contributed by atoms with E-state index in [1.54, 1.807) is 6.07 Å². The first-order chi connectivity index (χ1) is 8.56. The zero-order valence-corrected chi connectivity index (χ0v) is 11.6. The topological polar surface area (TPSA) is 46.3 Å². The van der Waals surface area contributed by atoms with Crippen LogP contribution in [0.5, 0.6) is 0 Å². The maximum absolute atomic E-state index is 11.3. The van der Waals surface area contributed by atoms with E-state index >= 15 is 0 Å². The quantitative estimate of drug-likeness (QED) is 0.805. The predicted octanol–water partition coefficient (Wildman–Crippen LogP) is 2.45. The second kappa shape index (κ2) is 7.17. The number of amides is 1. The molecule has 0 bridgehead atoms. The summed E-state index contributed by atoms with van der Waals surface area (Å²) in [5, 5.41) is 0. The van der Waals surface area contributed by atoms with Crippen molar-refractivity contribution in [1.82, 2.24) is 4.90 Å². The summed E-state index contributed by atoms with van der Waals surface area (Å²) in [6.07, 6.45) is 1.96. The smallest absolute Gasteiger partial charge is 0.248 e. The summed E-state index contributed by atoms with van der Waals surface area (Å²) in [6.45, 7) is 8.72. The molecule has 0 heterocycles. The molecule has 1 amide bonds. The number of rotatable bonds is 7. The van der Waals surface area contributed by atoms with Gasteiger partial charge in [-0.05, 0) is 51.4 Å². The number of nitrogens with zero attached hydrogens (tertiary/aromatic N) is 1. The van der Waals surface area contributed by atoms with E-state index in [0.29, 0.717) is 11.6 Å². The predicted molar refractivity (Wildman–Crippen MR) is 75.7 cm³/mol. The number of hydrogen-bond acceptors (Lipinski definition) is 2. The van der Waals surface area contributed by atoms with Crippen LogP contribution in [0.2, 0.25) is 0 Å². The molecule has 1 aromatic rings. The van der Waals surface area contributed by atoms with Gasteiger partial charge in [-0.3, -0.25) is 4.79 Å². The van der Waals surface area contributed by atoms with Gasteiger partial charge < -0.3 is 10.6 Å². The summed E-state index contributed by atoms with van der Waals surface area (Å²) < 4.78 is 0. The molecule has 100 valence electrons. The van der Waals surface area contributed by atoms with Gasteiger partial charge in [0.15, 0.2) is 0 Å². The number of primary amides is 1. The molecule has 0 spiro atoms. The van der Waals surface area contributed by atoms with Gasteiger partial charge in [0, 0.05) is 11.6 Å². The molecule has 0 atom stereocenters. The Balaban J connectivity index is 2.56. The van der Waals surface area contributed by atoms with E-state index in [4.69, 9.17) is 5.73 Å². The van der Waals surface area contributed by atoms with Crippen molar-refractivity contribution in [3.8, 4) is 0 Å². The van der Waals surface area contributed by atoms with E-state index in [2.05, 4.69) is 25.7 Å². The van der Waals surface area contributed by atoms with Crippen molar-refractivity contribution in [1.29, 1.82) is 0 Å². The van der Waals surface area contributed by atoms with Crippen molar-refractivity contribution >= 4 is 5.91 Å². The minimum absolute atomic E-state index is 0.332. The van der Waals surface area contributed by atoms with Crippen LogP contribution in [0.1, 0.15) is 43.1 Å². The molecule has 0 fully saturated rings. The maximum atomic E-state index is 11.3. The van der Waals surface area contributed by atoms with Gasteiger partial charge >= 0.3 is 0 Å². The first-order valence-corrected chi connectivity index (χ1v) is 6.68. The van der Waals surface area contributed by atoms with Crippen molar-refractivity contribution < 1.29 is 4.79 Å². The SMILES string of the molecule is CCN(CCCc1ccccc1C(N)=O)C(C)C. The number of benzene rings is 1. The zero-order chi connectivity index (χ0) is 13.5. The van der Waals surface area contributed by atoms with Gasteiger partial charge in [-0.1, -0.05) is 25.1 Å². The highest BCUT2D eigenvalue weighted by molar-refractivity contribution is 5.94. The van der Waals surface area contributed by atoms with E-state index in [9.17, 15) is 4.79 Å². The Labute approximate surface area is 110 Å². The van der Waals surface area contributed by atoms with Gasteiger partial charge in [-0.2, -0.15) is 0 Å². The molecule has 18 heavy (non-hydrogen) atoms. The van der Waals surface area contributed by atoms with E-state index in [-0.39, 0.29) is 5.91 Å². The second-order valence-electron chi connectivity index (χ2n) is 4.85. The molecule has 0 radical (unpaired) electrons. The summed E-state index contributed by atoms with van der Waals surface area (Å²) in [5.41, 5.74) is 7.09. The average Bonchev–Trinajstić information content (AvgIpc) is 2.34. The van der Waals surface area contributed by atoms with Crippen LogP contribution in [0.15, 0.2) is 24.3 Å². The summed E-state index contributed by atoms with van der Waals surface area (Å²) >= 11 is 0. The Morgan fingerprint density at radius 2 is 2.00 bits per heavy atom.